The van der Waals surface area contributed by atoms with Crippen molar-refractivity contribution in [2.75, 3.05) is 34.2 Å². The SMILES string of the molecule is CN(C)CCN(C)Cc1cc(C(C)(C)C)cc(C(C)(C)C)c1O.C[CH2][Zn]. The second-order valence-electron chi connectivity index (χ2n) is 9.57. The normalized spacial score (nSPS) is 12.4. The number of nitrogens with zero attached hydrogens (tertiary/aromatic N) is 2. The van der Waals surface area contributed by atoms with E-state index in [9.17, 15) is 5.11 Å². The Balaban J connectivity index is 0.00000194. The van der Waals surface area contributed by atoms with Crippen LogP contribution in [0.3, 0.4) is 0 Å². The Morgan fingerprint density at radius 1 is 0.923 bits per heavy atom. The minimum absolute atomic E-state index is 0.0672. The van der Waals surface area contributed by atoms with E-state index in [1.54, 1.807) is 0 Å². The van der Waals surface area contributed by atoms with Crippen molar-refractivity contribution in [3.63, 3.8) is 0 Å². The van der Waals surface area contributed by atoms with Crippen LogP contribution in [-0.4, -0.2) is 49.1 Å². The van der Waals surface area contributed by atoms with Crippen LogP contribution in [0, 0.1) is 0 Å². The summed E-state index contributed by atoms with van der Waals surface area (Å²) in [5, 5.41) is 12.2. The zero-order chi connectivity index (χ0) is 20.7. The van der Waals surface area contributed by atoms with Crippen molar-refractivity contribution in [3.05, 3.63) is 28.8 Å². The summed E-state index contributed by atoms with van der Waals surface area (Å²) in [4.78, 5) is 4.45. The Hall–Kier alpha value is -0.437. The van der Waals surface area contributed by atoms with Crippen LogP contribution in [0.2, 0.25) is 5.02 Å². The Kier molecular flexibility index (Phi) is 10.6. The zero-order valence-electron chi connectivity index (χ0n) is 19.0. The second-order valence-corrected chi connectivity index (χ2v) is 11.7. The molecule has 4 heteroatoms. The Bertz CT molecular complexity index is 542. The first-order chi connectivity index (χ1) is 11.7. The minimum atomic E-state index is -0.0672. The van der Waals surface area contributed by atoms with Crippen molar-refractivity contribution < 1.29 is 23.4 Å². The van der Waals surface area contributed by atoms with Crippen molar-refractivity contribution >= 4 is 0 Å². The summed E-state index contributed by atoms with van der Waals surface area (Å²) in [6, 6.07) is 4.36. The molecule has 26 heavy (non-hydrogen) atoms. The number of hydrogen-bond acceptors (Lipinski definition) is 3. The molecule has 0 aliphatic heterocycles. The second kappa shape index (κ2) is 10.8. The van der Waals surface area contributed by atoms with Gasteiger partial charge < -0.3 is 14.9 Å². The average Bonchev–Trinajstić information content (AvgIpc) is 2.45. The Morgan fingerprint density at radius 3 is 1.81 bits per heavy atom. The molecule has 0 fully saturated rings. The van der Waals surface area contributed by atoms with E-state index in [2.05, 4.69) is 91.5 Å². The van der Waals surface area contributed by atoms with Gasteiger partial charge in [0.1, 0.15) is 5.75 Å². The molecule has 0 aliphatic carbocycles. The fourth-order valence-corrected chi connectivity index (χ4v) is 2.56. The number of phenols is 1. The molecular formula is C22H41N2OZn. The molecule has 0 saturated carbocycles. The van der Waals surface area contributed by atoms with Gasteiger partial charge in [0.2, 0.25) is 0 Å². The van der Waals surface area contributed by atoms with Crippen molar-refractivity contribution in [1.29, 1.82) is 0 Å². The molecule has 0 amide bonds. The molecule has 1 aromatic rings. The maximum atomic E-state index is 10.8. The molecule has 0 atom stereocenters. The van der Waals surface area contributed by atoms with E-state index in [1.165, 1.54) is 28.9 Å². The van der Waals surface area contributed by atoms with Crippen molar-refractivity contribution in [2.24, 2.45) is 0 Å². The van der Waals surface area contributed by atoms with Gasteiger partial charge in [0.25, 0.3) is 0 Å². The van der Waals surface area contributed by atoms with Gasteiger partial charge in [0, 0.05) is 25.2 Å². The Labute approximate surface area is 172 Å². The molecule has 0 heterocycles. The molecule has 3 nitrogen and oxygen atoms in total. The van der Waals surface area contributed by atoms with Gasteiger partial charge in [-0.05, 0) is 43.1 Å². The van der Waals surface area contributed by atoms with Crippen LogP contribution in [0.5, 0.6) is 5.75 Å². The summed E-state index contributed by atoms with van der Waals surface area (Å²) in [5.74, 6) is 0.460. The fraction of sp³-hybridized carbons (Fsp3) is 0.727. The van der Waals surface area contributed by atoms with Crippen molar-refractivity contribution in [2.45, 2.75) is 70.9 Å². The Morgan fingerprint density at radius 2 is 1.42 bits per heavy atom. The summed E-state index contributed by atoms with van der Waals surface area (Å²) in [6.45, 7) is 18.1. The van der Waals surface area contributed by atoms with E-state index in [-0.39, 0.29) is 10.8 Å². The summed E-state index contributed by atoms with van der Waals surface area (Å²) in [7, 11) is 6.29. The molecule has 0 unspecified atom stereocenters. The van der Waals surface area contributed by atoms with Crippen LogP contribution in [0.25, 0.3) is 0 Å². The van der Waals surface area contributed by atoms with Gasteiger partial charge in [-0.15, -0.1) is 0 Å². The number of phenolic OH excluding ortho intramolecular Hbond substituents is 1. The van der Waals surface area contributed by atoms with E-state index >= 15 is 0 Å². The van der Waals surface area contributed by atoms with Gasteiger partial charge in [-0.3, -0.25) is 0 Å². The van der Waals surface area contributed by atoms with Gasteiger partial charge >= 0.3 is 30.2 Å². The molecule has 0 radical (unpaired) electrons. The summed E-state index contributed by atoms with van der Waals surface area (Å²) >= 11 is 1.44. The summed E-state index contributed by atoms with van der Waals surface area (Å²) in [6.07, 6.45) is 0. The number of rotatable bonds is 5. The molecule has 0 aromatic heterocycles. The van der Waals surface area contributed by atoms with Crippen LogP contribution >= 0.6 is 0 Å². The predicted molar refractivity (Wildman–Crippen MR) is 111 cm³/mol. The van der Waals surface area contributed by atoms with Crippen LogP contribution in [0.15, 0.2) is 12.1 Å². The van der Waals surface area contributed by atoms with E-state index < -0.39 is 0 Å². The standard InChI is InChI=1S/C20H36N2O.C2H5.Zn/c1-19(2,3)16-12-15(14-22(9)11-10-21(7)8)18(23)17(13-16)20(4,5)6;1-2;/h12-13,23H,10-11,14H2,1-9H3;1H2,2H3;. The van der Waals surface area contributed by atoms with Crippen molar-refractivity contribution in [1.82, 2.24) is 9.80 Å². The molecule has 147 valence electrons. The molecular weight excluding hydrogens is 374 g/mol. The number of benzene rings is 1. The van der Waals surface area contributed by atoms with E-state index in [1.807, 2.05) is 0 Å². The van der Waals surface area contributed by atoms with Gasteiger partial charge in [0.15, 0.2) is 0 Å². The van der Waals surface area contributed by atoms with Crippen LogP contribution in [-0.2, 0) is 35.7 Å². The fourth-order valence-electron chi connectivity index (χ4n) is 2.56. The average molecular weight is 415 g/mol. The third-order valence-electron chi connectivity index (χ3n) is 4.23. The molecule has 1 rings (SSSR count). The zero-order valence-corrected chi connectivity index (χ0v) is 22.0. The van der Waals surface area contributed by atoms with Crippen LogP contribution < -0.4 is 0 Å². The molecule has 0 spiro atoms. The molecule has 0 saturated heterocycles. The summed E-state index contributed by atoms with van der Waals surface area (Å²) < 4.78 is 0. The van der Waals surface area contributed by atoms with Gasteiger partial charge in [-0.1, -0.05) is 53.7 Å². The van der Waals surface area contributed by atoms with Gasteiger partial charge in [-0.25, -0.2) is 0 Å². The first kappa shape index (κ1) is 25.6. The van der Waals surface area contributed by atoms with E-state index in [0.29, 0.717) is 5.75 Å². The number of aromatic hydroxyl groups is 1. The van der Waals surface area contributed by atoms with Crippen LogP contribution in [0.4, 0.5) is 0 Å². The third kappa shape index (κ3) is 8.97. The topological polar surface area (TPSA) is 26.7 Å². The van der Waals surface area contributed by atoms with Gasteiger partial charge in [-0.2, -0.15) is 0 Å². The van der Waals surface area contributed by atoms with Gasteiger partial charge in [0.05, 0.1) is 0 Å². The van der Waals surface area contributed by atoms with Crippen LogP contribution in [0.1, 0.15) is 65.2 Å². The monoisotopic (exact) mass is 413 g/mol. The first-order valence-corrected chi connectivity index (χ1v) is 11.8. The molecule has 0 aliphatic rings. The van der Waals surface area contributed by atoms with Crippen molar-refractivity contribution in [3.8, 4) is 5.75 Å². The third-order valence-corrected chi connectivity index (χ3v) is 4.23. The maximum absolute atomic E-state index is 10.8. The predicted octanol–water partition coefficient (Wildman–Crippen LogP) is 4.95. The number of hydrogen-bond donors (Lipinski definition) is 1. The molecule has 1 aromatic carbocycles. The molecule has 0 bridgehead atoms. The molecule has 1 N–H and O–H groups in total. The number of likely N-dealkylation sites (N-methyl/N-ethyl adjacent to an activating group) is 2. The first-order valence-electron chi connectivity index (χ1n) is 9.73. The van der Waals surface area contributed by atoms with E-state index in [4.69, 9.17) is 0 Å². The summed E-state index contributed by atoms with van der Waals surface area (Å²) in [5.41, 5.74) is 3.37. The van der Waals surface area contributed by atoms with E-state index in [0.717, 1.165) is 30.8 Å². The quantitative estimate of drug-likeness (QED) is 0.690.